The molecule has 0 saturated carbocycles. The second kappa shape index (κ2) is 4.95. The van der Waals surface area contributed by atoms with E-state index in [4.69, 9.17) is 5.11 Å². The van der Waals surface area contributed by atoms with Crippen molar-refractivity contribution in [3.05, 3.63) is 33.4 Å². The van der Waals surface area contributed by atoms with Gasteiger partial charge in [0.15, 0.2) is 5.16 Å². The Kier molecular flexibility index (Phi) is 3.53. The van der Waals surface area contributed by atoms with Gasteiger partial charge in [-0.25, -0.2) is 9.78 Å². The SMILES string of the molecule is C=CCSc1nc2sc(C(=O)O)c(C)c2c(=O)[nH]1. The molecule has 2 rings (SSSR count). The minimum Gasteiger partial charge on any atom is -0.477 e. The van der Waals surface area contributed by atoms with Gasteiger partial charge in [0.05, 0.1) is 5.39 Å². The van der Waals surface area contributed by atoms with Crippen molar-refractivity contribution in [2.24, 2.45) is 0 Å². The fraction of sp³-hybridized carbons (Fsp3) is 0.182. The molecular weight excluding hydrogens is 272 g/mol. The number of thioether (sulfide) groups is 1. The Hall–Kier alpha value is -1.60. The van der Waals surface area contributed by atoms with Gasteiger partial charge in [0.2, 0.25) is 0 Å². The average molecular weight is 282 g/mol. The van der Waals surface area contributed by atoms with E-state index in [0.29, 0.717) is 26.7 Å². The van der Waals surface area contributed by atoms with E-state index in [2.05, 4.69) is 16.5 Å². The lowest BCUT2D eigenvalue weighted by atomic mass is 10.2. The number of carbonyl (C=O) groups is 1. The predicted octanol–water partition coefficient (Wildman–Crippen LogP) is 2.27. The molecule has 18 heavy (non-hydrogen) atoms. The smallest absolute Gasteiger partial charge is 0.346 e. The first-order chi connectivity index (χ1) is 8.54. The number of H-pyrrole nitrogens is 1. The van der Waals surface area contributed by atoms with Crippen LogP contribution in [0.1, 0.15) is 15.2 Å². The van der Waals surface area contributed by atoms with Gasteiger partial charge in [-0.3, -0.25) is 4.79 Å². The Labute approximate surface area is 111 Å². The first-order valence-corrected chi connectivity index (χ1v) is 6.85. The van der Waals surface area contributed by atoms with Crippen LogP contribution in [0, 0.1) is 6.92 Å². The van der Waals surface area contributed by atoms with Gasteiger partial charge in [0.25, 0.3) is 5.56 Å². The quantitative estimate of drug-likeness (QED) is 0.510. The third-order valence-electron chi connectivity index (χ3n) is 2.31. The largest absolute Gasteiger partial charge is 0.477 e. The van der Waals surface area contributed by atoms with Crippen molar-refractivity contribution in [2.45, 2.75) is 12.1 Å². The highest BCUT2D eigenvalue weighted by molar-refractivity contribution is 7.99. The molecule has 5 nitrogen and oxygen atoms in total. The van der Waals surface area contributed by atoms with Crippen molar-refractivity contribution in [1.29, 1.82) is 0 Å². The zero-order chi connectivity index (χ0) is 13.3. The number of nitrogens with one attached hydrogen (secondary N) is 1. The zero-order valence-corrected chi connectivity index (χ0v) is 11.2. The number of thiophene rings is 1. The highest BCUT2D eigenvalue weighted by Gasteiger charge is 2.18. The van der Waals surface area contributed by atoms with Crippen molar-refractivity contribution in [1.82, 2.24) is 9.97 Å². The molecule has 0 amide bonds. The first kappa shape index (κ1) is 12.8. The van der Waals surface area contributed by atoms with Crippen LogP contribution in [0.3, 0.4) is 0 Å². The second-order valence-electron chi connectivity index (χ2n) is 3.51. The summed E-state index contributed by atoms with van der Waals surface area (Å²) in [5, 5.41) is 9.86. The van der Waals surface area contributed by atoms with Crippen LogP contribution in [0.15, 0.2) is 22.6 Å². The van der Waals surface area contributed by atoms with E-state index in [0.717, 1.165) is 11.3 Å². The van der Waals surface area contributed by atoms with Gasteiger partial charge >= 0.3 is 5.97 Å². The predicted molar refractivity (Wildman–Crippen MR) is 72.9 cm³/mol. The van der Waals surface area contributed by atoms with Crippen molar-refractivity contribution < 1.29 is 9.90 Å². The van der Waals surface area contributed by atoms with Gasteiger partial charge in [-0.2, -0.15) is 0 Å². The molecule has 7 heteroatoms. The number of aryl methyl sites for hydroxylation is 1. The number of carboxylic acid groups (broad SMARTS) is 1. The summed E-state index contributed by atoms with van der Waals surface area (Å²) >= 11 is 2.37. The Bertz CT molecular complexity index is 687. The average Bonchev–Trinajstić information content (AvgIpc) is 2.64. The van der Waals surface area contributed by atoms with Gasteiger partial charge in [0, 0.05) is 5.75 Å². The summed E-state index contributed by atoms with van der Waals surface area (Å²) < 4.78 is 0. The number of hydrogen-bond acceptors (Lipinski definition) is 5. The van der Waals surface area contributed by atoms with Crippen molar-refractivity contribution in [2.75, 3.05) is 5.75 Å². The van der Waals surface area contributed by atoms with Crippen molar-refractivity contribution in [3.8, 4) is 0 Å². The summed E-state index contributed by atoms with van der Waals surface area (Å²) in [7, 11) is 0. The number of aromatic amines is 1. The van der Waals surface area contributed by atoms with Crippen LogP contribution >= 0.6 is 23.1 Å². The van der Waals surface area contributed by atoms with E-state index in [1.165, 1.54) is 11.8 Å². The minimum atomic E-state index is -1.03. The molecule has 2 heterocycles. The van der Waals surface area contributed by atoms with E-state index in [1.807, 2.05) is 0 Å². The standard InChI is InChI=1S/C11H10N2O3S2/c1-3-4-17-11-12-8(14)6-5(2)7(10(15)16)18-9(6)13-11/h3H,1,4H2,2H3,(H,15,16)(H,12,13,14). The van der Waals surface area contributed by atoms with Crippen LogP contribution in [0.5, 0.6) is 0 Å². The summed E-state index contributed by atoms with van der Waals surface area (Å²) in [6, 6.07) is 0. The lowest BCUT2D eigenvalue weighted by molar-refractivity contribution is 0.0701. The zero-order valence-electron chi connectivity index (χ0n) is 9.52. The van der Waals surface area contributed by atoms with Crippen LogP contribution in [0.25, 0.3) is 10.2 Å². The normalized spacial score (nSPS) is 10.7. The van der Waals surface area contributed by atoms with Gasteiger partial charge in [0.1, 0.15) is 9.71 Å². The minimum absolute atomic E-state index is 0.161. The van der Waals surface area contributed by atoms with E-state index in [1.54, 1.807) is 13.0 Å². The maximum Gasteiger partial charge on any atom is 0.346 e. The van der Waals surface area contributed by atoms with E-state index < -0.39 is 5.97 Å². The summed E-state index contributed by atoms with van der Waals surface area (Å²) in [6.07, 6.45) is 1.71. The summed E-state index contributed by atoms with van der Waals surface area (Å²) in [4.78, 5) is 30.4. The molecule has 0 aliphatic heterocycles. The fourth-order valence-electron chi connectivity index (χ4n) is 1.53. The Morgan fingerprint density at radius 2 is 2.39 bits per heavy atom. The van der Waals surface area contributed by atoms with Crippen molar-refractivity contribution >= 4 is 39.3 Å². The maximum atomic E-state index is 11.9. The van der Waals surface area contributed by atoms with Crippen LogP contribution in [-0.4, -0.2) is 26.8 Å². The number of hydrogen-bond donors (Lipinski definition) is 2. The highest BCUT2D eigenvalue weighted by atomic mass is 32.2. The lowest BCUT2D eigenvalue weighted by Crippen LogP contribution is -2.09. The molecule has 0 aromatic carbocycles. The number of aromatic nitrogens is 2. The number of nitrogens with zero attached hydrogens (tertiary/aromatic N) is 1. The summed E-state index contributed by atoms with van der Waals surface area (Å²) in [6.45, 7) is 5.21. The van der Waals surface area contributed by atoms with Crippen LogP contribution in [-0.2, 0) is 0 Å². The number of rotatable bonds is 4. The maximum absolute atomic E-state index is 11.9. The molecule has 0 bridgehead atoms. The molecule has 2 N–H and O–H groups in total. The molecule has 0 fully saturated rings. The van der Waals surface area contributed by atoms with E-state index in [9.17, 15) is 9.59 Å². The molecule has 0 radical (unpaired) electrons. The second-order valence-corrected chi connectivity index (χ2v) is 5.52. The third kappa shape index (κ3) is 2.19. The molecule has 2 aromatic rings. The van der Waals surface area contributed by atoms with E-state index >= 15 is 0 Å². The molecule has 0 aliphatic carbocycles. The van der Waals surface area contributed by atoms with E-state index in [-0.39, 0.29) is 10.4 Å². The van der Waals surface area contributed by atoms with Crippen molar-refractivity contribution in [3.63, 3.8) is 0 Å². The summed E-state index contributed by atoms with van der Waals surface area (Å²) in [5.41, 5.74) is 0.171. The van der Waals surface area contributed by atoms with Gasteiger partial charge < -0.3 is 10.1 Å². The molecule has 0 aliphatic rings. The Morgan fingerprint density at radius 3 is 3.00 bits per heavy atom. The van der Waals surface area contributed by atoms with Gasteiger partial charge in [-0.1, -0.05) is 17.8 Å². The molecule has 0 saturated heterocycles. The summed E-state index contributed by atoms with van der Waals surface area (Å²) in [5.74, 6) is -0.403. The first-order valence-electron chi connectivity index (χ1n) is 5.05. The molecule has 0 spiro atoms. The fourth-order valence-corrected chi connectivity index (χ4v) is 3.21. The number of aromatic carboxylic acids is 1. The Morgan fingerprint density at radius 1 is 1.67 bits per heavy atom. The third-order valence-corrected chi connectivity index (χ3v) is 4.35. The lowest BCUT2D eigenvalue weighted by Gasteiger charge is -1.97. The van der Waals surface area contributed by atoms with Gasteiger partial charge in [-0.05, 0) is 12.5 Å². The van der Waals surface area contributed by atoms with Crippen LogP contribution in [0.4, 0.5) is 0 Å². The molecule has 0 unspecified atom stereocenters. The number of carboxylic acids is 1. The topological polar surface area (TPSA) is 83.0 Å². The Balaban J connectivity index is 2.63. The number of fused-ring (bicyclic) bond motifs is 1. The van der Waals surface area contributed by atoms with Crippen LogP contribution < -0.4 is 5.56 Å². The van der Waals surface area contributed by atoms with Gasteiger partial charge in [-0.15, -0.1) is 17.9 Å². The monoisotopic (exact) mass is 282 g/mol. The molecular formula is C11H10N2O3S2. The molecule has 2 aromatic heterocycles. The molecule has 0 atom stereocenters. The highest BCUT2D eigenvalue weighted by Crippen LogP contribution is 2.28. The van der Waals surface area contributed by atoms with Crippen LogP contribution in [0.2, 0.25) is 0 Å². The molecule has 94 valence electrons.